The molecule has 0 aliphatic heterocycles. The maximum Gasteiger partial charge on any atom is 0.308 e. The number of hydrogen-bond donors (Lipinski definition) is 1. The molecule has 0 fully saturated rings. The van der Waals surface area contributed by atoms with Crippen LogP contribution in [0.25, 0.3) is 0 Å². The van der Waals surface area contributed by atoms with Crippen molar-refractivity contribution in [2.24, 2.45) is 5.92 Å². The zero-order valence-corrected chi connectivity index (χ0v) is 14.8. The van der Waals surface area contributed by atoms with Crippen molar-refractivity contribution in [2.45, 2.75) is 84.5 Å². The van der Waals surface area contributed by atoms with Crippen molar-refractivity contribution < 1.29 is 14.6 Å². The summed E-state index contributed by atoms with van der Waals surface area (Å²) in [6, 6.07) is 0. The van der Waals surface area contributed by atoms with E-state index >= 15 is 0 Å². The van der Waals surface area contributed by atoms with Gasteiger partial charge in [0, 0.05) is 6.61 Å². The summed E-state index contributed by atoms with van der Waals surface area (Å²) in [6.45, 7) is 4.63. The molecule has 0 aromatic rings. The number of halogens is 1. The van der Waals surface area contributed by atoms with Crippen LogP contribution >= 0.6 is 12.4 Å². The van der Waals surface area contributed by atoms with Gasteiger partial charge in [-0.05, 0) is 12.8 Å². The molecular formula is C17H35ClO3. The Morgan fingerprint density at radius 1 is 0.952 bits per heavy atom. The maximum atomic E-state index is 11.5. The molecule has 0 aromatic carbocycles. The molecule has 0 saturated carbocycles. The average Bonchev–Trinajstić information content (AvgIpc) is 2.44. The highest BCUT2D eigenvalue weighted by Crippen LogP contribution is 2.11. The fourth-order valence-electron chi connectivity index (χ4n) is 2.22. The number of aliphatic hydroxyl groups excluding tert-OH is 1. The quantitative estimate of drug-likeness (QED) is 0.366. The Balaban J connectivity index is 0. The Kier molecular flexibility index (Phi) is 19.5. The number of aliphatic hydroxyl groups is 1. The minimum absolute atomic E-state index is 0. The lowest BCUT2D eigenvalue weighted by Gasteiger charge is -2.09. The van der Waals surface area contributed by atoms with Gasteiger partial charge in [-0.3, -0.25) is 4.79 Å². The number of ether oxygens (including phenoxy) is 1. The van der Waals surface area contributed by atoms with Gasteiger partial charge in [0.15, 0.2) is 0 Å². The predicted octanol–water partition coefficient (Wildman–Crippen LogP) is 4.89. The lowest BCUT2D eigenvalue weighted by atomic mass is 10.1. The van der Waals surface area contributed by atoms with Gasteiger partial charge in [-0.2, -0.15) is 0 Å². The first-order chi connectivity index (χ1) is 9.72. The van der Waals surface area contributed by atoms with E-state index in [0.717, 1.165) is 12.8 Å². The van der Waals surface area contributed by atoms with Crippen LogP contribution in [0.1, 0.15) is 84.5 Å². The van der Waals surface area contributed by atoms with E-state index in [1.54, 1.807) is 6.92 Å². The monoisotopic (exact) mass is 322 g/mol. The molecule has 0 radical (unpaired) electrons. The Morgan fingerprint density at radius 2 is 1.43 bits per heavy atom. The summed E-state index contributed by atoms with van der Waals surface area (Å²) in [5, 5.41) is 8.74. The molecule has 0 aliphatic carbocycles. The molecule has 3 nitrogen and oxygen atoms in total. The highest BCUT2D eigenvalue weighted by atomic mass is 35.5. The third kappa shape index (κ3) is 15.9. The topological polar surface area (TPSA) is 46.5 Å². The number of hydrogen-bond acceptors (Lipinski definition) is 3. The first-order valence-corrected chi connectivity index (χ1v) is 8.49. The first-order valence-electron chi connectivity index (χ1n) is 8.49. The number of unbranched alkanes of at least 4 members (excludes halogenated alkanes) is 9. The van der Waals surface area contributed by atoms with E-state index in [9.17, 15) is 4.79 Å². The molecule has 21 heavy (non-hydrogen) atoms. The van der Waals surface area contributed by atoms with Gasteiger partial charge in [0.05, 0.1) is 12.5 Å². The van der Waals surface area contributed by atoms with Crippen LogP contribution in [0.3, 0.4) is 0 Å². The van der Waals surface area contributed by atoms with E-state index in [1.165, 1.54) is 51.4 Å². The molecule has 0 saturated heterocycles. The molecule has 0 bridgehead atoms. The van der Waals surface area contributed by atoms with Crippen LogP contribution in [-0.2, 0) is 9.53 Å². The largest absolute Gasteiger partial charge is 0.465 e. The Hall–Kier alpha value is -0.280. The van der Waals surface area contributed by atoms with E-state index in [0.29, 0.717) is 13.0 Å². The van der Waals surface area contributed by atoms with Crippen LogP contribution < -0.4 is 0 Å². The second kappa shape index (κ2) is 17.8. The van der Waals surface area contributed by atoms with Gasteiger partial charge in [-0.1, -0.05) is 71.6 Å². The minimum Gasteiger partial charge on any atom is -0.465 e. The maximum absolute atomic E-state index is 11.5. The van der Waals surface area contributed by atoms with Gasteiger partial charge in [0.25, 0.3) is 0 Å². The summed E-state index contributed by atoms with van der Waals surface area (Å²) in [7, 11) is 0. The molecule has 0 spiro atoms. The standard InChI is InChI=1S/C17H34O3.ClH/c1-3-4-5-6-7-8-9-10-11-12-15-20-17(19)16(2)13-14-18;/h16,18H,3-15H2,1-2H3;1H. The molecule has 0 aromatic heterocycles. The van der Waals surface area contributed by atoms with Gasteiger partial charge >= 0.3 is 5.97 Å². The highest BCUT2D eigenvalue weighted by molar-refractivity contribution is 5.85. The molecular weight excluding hydrogens is 288 g/mol. The normalized spacial score (nSPS) is 11.8. The van der Waals surface area contributed by atoms with Crippen LogP contribution in [0.4, 0.5) is 0 Å². The van der Waals surface area contributed by atoms with Gasteiger partial charge in [-0.25, -0.2) is 0 Å². The highest BCUT2D eigenvalue weighted by Gasteiger charge is 2.12. The molecule has 0 heterocycles. The molecule has 0 rings (SSSR count). The number of rotatable bonds is 14. The van der Waals surface area contributed by atoms with E-state index < -0.39 is 0 Å². The predicted molar refractivity (Wildman–Crippen MR) is 90.9 cm³/mol. The van der Waals surface area contributed by atoms with Crippen LogP contribution in [0.5, 0.6) is 0 Å². The van der Waals surface area contributed by atoms with Gasteiger partial charge in [-0.15, -0.1) is 12.4 Å². The molecule has 1 unspecified atom stereocenters. The second-order valence-electron chi connectivity index (χ2n) is 5.76. The average molecular weight is 323 g/mol. The number of carbonyl (C=O) groups is 1. The third-order valence-corrected chi connectivity index (χ3v) is 3.71. The van der Waals surface area contributed by atoms with Gasteiger partial charge < -0.3 is 9.84 Å². The van der Waals surface area contributed by atoms with Gasteiger partial charge in [0.1, 0.15) is 0 Å². The van der Waals surface area contributed by atoms with Crippen molar-refractivity contribution in [3.8, 4) is 0 Å². The summed E-state index contributed by atoms with van der Waals surface area (Å²) in [6.07, 6.45) is 13.3. The molecule has 0 amide bonds. The lowest BCUT2D eigenvalue weighted by Crippen LogP contribution is -2.16. The fourth-order valence-corrected chi connectivity index (χ4v) is 2.22. The van der Waals surface area contributed by atoms with Crippen molar-refractivity contribution in [3.63, 3.8) is 0 Å². The second-order valence-corrected chi connectivity index (χ2v) is 5.76. The van der Waals surface area contributed by atoms with Gasteiger partial charge in [0.2, 0.25) is 0 Å². The van der Waals surface area contributed by atoms with Crippen LogP contribution in [0.2, 0.25) is 0 Å². The Labute approximate surface area is 137 Å². The first kappa shape index (κ1) is 23.0. The van der Waals surface area contributed by atoms with Crippen molar-refractivity contribution in [2.75, 3.05) is 13.2 Å². The zero-order chi connectivity index (χ0) is 15.1. The molecule has 1 N–H and O–H groups in total. The van der Waals surface area contributed by atoms with Crippen molar-refractivity contribution in [1.29, 1.82) is 0 Å². The number of esters is 1. The SMILES string of the molecule is CCCCCCCCCCCCOC(=O)C(C)CCO.Cl. The van der Waals surface area contributed by atoms with Crippen LogP contribution in [0, 0.1) is 5.92 Å². The van der Waals surface area contributed by atoms with E-state index in [1.807, 2.05) is 0 Å². The summed E-state index contributed by atoms with van der Waals surface area (Å²) >= 11 is 0. The van der Waals surface area contributed by atoms with Crippen molar-refractivity contribution in [3.05, 3.63) is 0 Å². The minimum atomic E-state index is -0.178. The zero-order valence-electron chi connectivity index (χ0n) is 13.9. The van der Waals surface area contributed by atoms with E-state index in [2.05, 4.69) is 6.92 Å². The Bertz CT molecular complexity index is 222. The molecule has 0 aliphatic rings. The fraction of sp³-hybridized carbons (Fsp3) is 0.941. The molecule has 128 valence electrons. The van der Waals surface area contributed by atoms with Crippen molar-refractivity contribution in [1.82, 2.24) is 0 Å². The Morgan fingerprint density at radius 3 is 1.90 bits per heavy atom. The number of carbonyl (C=O) groups excluding carboxylic acids is 1. The van der Waals surface area contributed by atoms with Crippen LogP contribution in [0.15, 0.2) is 0 Å². The summed E-state index contributed by atoms with van der Waals surface area (Å²) in [5.74, 6) is -0.349. The summed E-state index contributed by atoms with van der Waals surface area (Å²) < 4.78 is 5.18. The smallest absolute Gasteiger partial charge is 0.308 e. The summed E-state index contributed by atoms with van der Waals surface area (Å²) in [5.41, 5.74) is 0. The van der Waals surface area contributed by atoms with E-state index in [-0.39, 0.29) is 30.9 Å². The third-order valence-electron chi connectivity index (χ3n) is 3.71. The molecule has 1 atom stereocenters. The molecule has 4 heteroatoms. The summed E-state index contributed by atoms with van der Waals surface area (Å²) in [4.78, 5) is 11.5. The van der Waals surface area contributed by atoms with Crippen LogP contribution in [-0.4, -0.2) is 24.3 Å². The van der Waals surface area contributed by atoms with E-state index in [4.69, 9.17) is 9.84 Å². The van der Waals surface area contributed by atoms with Crippen molar-refractivity contribution >= 4 is 18.4 Å². The lowest BCUT2D eigenvalue weighted by molar-refractivity contribution is -0.148.